The number of β-amino-alcohol motifs (C(OH)–C–C–N with tert-alkyl or cyclic N) is 1. The van der Waals surface area contributed by atoms with Crippen LogP contribution in [0, 0.1) is 17.2 Å². The number of carbonyl (C=O) groups excluding carboxylic acids is 2. The summed E-state index contributed by atoms with van der Waals surface area (Å²) in [6.07, 6.45) is -0.699. The van der Waals surface area contributed by atoms with E-state index in [1.165, 1.54) is 4.90 Å². The Labute approximate surface area is 390 Å². The number of carbonyl (C=O) groups is 2. The fourth-order valence-electron chi connectivity index (χ4n) is 8.20. The van der Waals surface area contributed by atoms with Crippen molar-refractivity contribution in [2.45, 2.75) is 44.9 Å². The Hall–Kier alpha value is -5.96. The van der Waals surface area contributed by atoms with E-state index in [9.17, 15) is 19.8 Å². The third-order valence-corrected chi connectivity index (χ3v) is 13.4. The van der Waals surface area contributed by atoms with Gasteiger partial charge in [0.05, 0.1) is 22.6 Å². The lowest BCUT2D eigenvalue weighted by Gasteiger charge is -2.34. The summed E-state index contributed by atoms with van der Waals surface area (Å²) in [4.78, 5) is 34.4. The highest BCUT2D eigenvalue weighted by Gasteiger charge is 2.43. The predicted molar refractivity (Wildman–Crippen MR) is 250 cm³/mol. The summed E-state index contributed by atoms with van der Waals surface area (Å²) in [5.74, 6) is 1.48. The predicted octanol–water partition coefficient (Wildman–Crippen LogP) is 7.78. The fraction of sp³-hybridized carbons (Fsp3) is 0.347. The van der Waals surface area contributed by atoms with Gasteiger partial charge in [0.2, 0.25) is 11.8 Å². The number of aliphatic hydroxyl groups excluding tert-OH is 1. The number of halogens is 1. The Morgan fingerprint density at radius 3 is 2.28 bits per heavy atom. The van der Waals surface area contributed by atoms with Gasteiger partial charge in [-0.05, 0) is 88.9 Å². The molecule has 2 fully saturated rings. The number of nitrogens with zero attached hydrogens (tertiary/aromatic N) is 5. The number of amides is 2. The van der Waals surface area contributed by atoms with Crippen molar-refractivity contribution < 1.29 is 38.5 Å². The molecule has 2 aromatic heterocycles. The number of hydrogen-bond acceptors (Lipinski definition) is 13. The van der Waals surface area contributed by atoms with E-state index in [1.807, 2.05) is 68.4 Å². The number of benzene rings is 4. The van der Waals surface area contributed by atoms with E-state index in [-0.39, 0.29) is 43.0 Å². The molecular formula is C49H51BrN6O8S. The number of fused-ring (bicyclic) bond motifs is 1. The third-order valence-electron chi connectivity index (χ3n) is 11.7. The standard InChI is InChI=1S/C49H51BrN6O8S/c1-31(2)45(49(60)56-30-37(58)25-41(56)48(59)52-29-33-5-3-32(28-51)4-6-33)42-27-44(53-64-42)62-24-22-55-19-17-54(18-20-55)21-23-61-38-12-14-39(15-13-38)63-46-40-16-11-36(57)26-43(40)65-47(46)34-7-9-35(50)10-8-34/h3-16,26-27,31,37,41,45,57-58H,17-25,29-30H2,1-2H3,(H,52,59)/t37-,41+,45-/m1/s1. The highest BCUT2D eigenvalue weighted by molar-refractivity contribution is 9.10. The SMILES string of the molecule is CC(C)[C@@H](C(=O)N1C[C@H](O)C[C@H]1C(=O)NCc1ccc(C#N)cc1)c1cc(OCCN2CCN(CCOc3ccc(Oc4c(-c5ccc(Br)cc5)sc5cc(O)ccc45)cc3)CC2)no1. The zero-order valence-electron chi connectivity index (χ0n) is 36.2. The topological polar surface area (TPSA) is 174 Å². The molecule has 6 aromatic rings. The molecule has 65 heavy (non-hydrogen) atoms. The number of hydrogen-bond donors (Lipinski definition) is 3. The zero-order chi connectivity index (χ0) is 45.5. The number of nitrogens with one attached hydrogen (secondary N) is 1. The van der Waals surface area contributed by atoms with Gasteiger partial charge in [0, 0.05) is 79.4 Å². The van der Waals surface area contributed by atoms with Gasteiger partial charge >= 0.3 is 0 Å². The Morgan fingerprint density at radius 2 is 1.60 bits per heavy atom. The number of aliphatic hydroxyl groups is 1. The number of phenols is 1. The van der Waals surface area contributed by atoms with Crippen molar-refractivity contribution >= 4 is 49.2 Å². The van der Waals surface area contributed by atoms with Crippen LogP contribution in [0.5, 0.6) is 28.9 Å². The van der Waals surface area contributed by atoms with Gasteiger partial charge in [0.1, 0.15) is 42.4 Å². The normalized spacial score (nSPS) is 17.3. The maximum Gasteiger partial charge on any atom is 0.254 e. The number of ether oxygens (including phenoxy) is 3. The maximum atomic E-state index is 14.0. The highest BCUT2D eigenvalue weighted by Crippen LogP contribution is 2.47. The minimum absolute atomic E-state index is 0.0392. The van der Waals surface area contributed by atoms with Gasteiger partial charge in [-0.25, -0.2) is 0 Å². The first-order chi connectivity index (χ1) is 31.5. The number of likely N-dealkylation sites (tertiary alicyclic amines) is 1. The molecule has 2 aliphatic heterocycles. The summed E-state index contributed by atoms with van der Waals surface area (Å²) in [5.41, 5.74) is 2.38. The van der Waals surface area contributed by atoms with E-state index in [4.69, 9.17) is 24.0 Å². The Bertz CT molecular complexity index is 2600. The van der Waals surface area contributed by atoms with Crippen LogP contribution in [0.4, 0.5) is 0 Å². The average molecular weight is 964 g/mol. The zero-order valence-corrected chi connectivity index (χ0v) is 38.6. The maximum absolute atomic E-state index is 14.0. The highest BCUT2D eigenvalue weighted by atomic mass is 79.9. The van der Waals surface area contributed by atoms with Crippen molar-refractivity contribution in [2.75, 3.05) is 59.0 Å². The number of rotatable bonds is 17. The molecule has 0 spiro atoms. The second kappa shape index (κ2) is 20.9. The lowest BCUT2D eigenvalue weighted by Crippen LogP contribution is -2.48. The fourth-order valence-corrected chi connectivity index (χ4v) is 9.63. The van der Waals surface area contributed by atoms with Crippen LogP contribution in [0.3, 0.4) is 0 Å². The van der Waals surface area contributed by atoms with Gasteiger partial charge in [-0.1, -0.05) is 54.0 Å². The van der Waals surface area contributed by atoms with E-state index >= 15 is 0 Å². The molecule has 4 heterocycles. The largest absolute Gasteiger partial charge is 0.508 e. The number of aromatic hydroxyl groups is 1. The average Bonchev–Trinajstić information content (AvgIpc) is 4.04. The van der Waals surface area contributed by atoms with Gasteiger partial charge in [0.25, 0.3) is 5.88 Å². The molecule has 2 aliphatic rings. The second-order valence-corrected chi connectivity index (χ2v) is 18.6. The summed E-state index contributed by atoms with van der Waals surface area (Å²) >= 11 is 5.10. The summed E-state index contributed by atoms with van der Waals surface area (Å²) in [5, 5.41) is 37.6. The number of piperazine rings is 1. The molecule has 0 unspecified atom stereocenters. The van der Waals surface area contributed by atoms with Crippen molar-refractivity contribution in [3.05, 3.63) is 118 Å². The quantitative estimate of drug-likeness (QED) is 0.0812. The van der Waals surface area contributed by atoms with E-state index in [2.05, 4.69) is 42.3 Å². The number of thiophene rings is 1. The van der Waals surface area contributed by atoms with Crippen LogP contribution < -0.4 is 19.5 Å². The van der Waals surface area contributed by atoms with E-state index in [0.29, 0.717) is 42.7 Å². The van der Waals surface area contributed by atoms with Crippen molar-refractivity contribution in [1.29, 1.82) is 5.26 Å². The first-order valence-electron chi connectivity index (χ1n) is 21.7. The first kappa shape index (κ1) is 45.6. The van der Waals surface area contributed by atoms with E-state index in [0.717, 1.165) is 74.8 Å². The van der Waals surface area contributed by atoms with Crippen LogP contribution in [0.25, 0.3) is 20.5 Å². The second-order valence-electron chi connectivity index (χ2n) is 16.6. The van der Waals surface area contributed by atoms with Crippen molar-refractivity contribution in [3.63, 3.8) is 0 Å². The van der Waals surface area contributed by atoms with Crippen molar-refractivity contribution in [3.8, 4) is 45.4 Å². The molecule has 0 aliphatic carbocycles. The molecule has 0 saturated carbocycles. The summed E-state index contributed by atoms with van der Waals surface area (Å²) in [6.45, 7) is 10.1. The van der Waals surface area contributed by atoms with Gasteiger partial charge in [0.15, 0.2) is 11.5 Å². The van der Waals surface area contributed by atoms with Crippen LogP contribution >= 0.6 is 27.3 Å². The minimum atomic E-state index is -0.835. The molecule has 2 amide bonds. The summed E-state index contributed by atoms with van der Waals surface area (Å²) < 4.78 is 26.2. The number of nitriles is 1. The van der Waals surface area contributed by atoms with Crippen LogP contribution in [0.1, 0.15) is 43.1 Å². The lowest BCUT2D eigenvalue weighted by molar-refractivity contribution is -0.141. The summed E-state index contributed by atoms with van der Waals surface area (Å²) in [7, 11) is 0. The lowest BCUT2D eigenvalue weighted by atomic mass is 9.91. The van der Waals surface area contributed by atoms with Gasteiger partial charge in [-0.2, -0.15) is 5.26 Å². The van der Waals surface area contributed by atoms with Crippen LogP contribution in [0.2, 0.25) is 0 Å². The smallest absolute Gasteiger partial charge is 0.254 e. The molecule has 3 N–H and O–H groups in total. The molecule has 0 radical (unpaired) electrons. The molecule has 0 bridgehead atoms. The molecule has 8 rings (SSSR count). The molecule has 338 valence electrons. The van der Waals surface area contributed by atoms with Crippen LogP contribution in [-0.4, -0.2) is 113 Å². The van der Waals surface area contributed by atoms with Gasteiger partial charge < -0.3 is 39.2 Å². The van der Waals surface area contributed by atoms with E-state index < -0.39 is 18.1 Å². The number of aromatic nitrogens is 1. The number of phenolic OH excluding ortho intramolecular Hbond substituents is 1. The third kappa shape index (κ3) is 11.3. The molecule has 16 heteroatoms. The van der Waals surface area contributed by atoms with E-state index in [1.54, 1.807) is 53.8 Å². The Morgan fingerprint density at radius 1 is 0.923 bits per heavy atom. The Kier molecular flexibility index (Phi) is 14.7. The molecule has 14 nitrogen and oxygen atoms in total. The van der Waals surface area contributed by atoms with Crippen molar-refractivity contribution in [2.24, 2.45) is 5.92 Å². The Balaban J connectivity index is 0.762. The minimum Gasteiger partial charge on any atom is -0.508 e. The van der Waals surface area contributed by atoms with Gasteiger partial charge in [-0.3, -0.25) is 19.4 Å². The summed E-state index contributed by atoms with van der Waals surface area (Å²) in [6, 6.07) is 30.9. The van der Waals surface area contributed by atoms with Crippen molar-refractivity contribution in [1.82, 2.24) is 25.2 Å². The molecule has 3 atom stereocenters. The molecular weight excluding hydrogens is 913 g/mol. The monoisotopic (exact) mass is 962 g/mol. The van der Waals surface area contributed by atoms with Crippen LogP contribution in [-0.2, 0) is 16.1 Å². The van der Waals surface area contributed by atoms with Gasteiger partial charge in [-0.15, -0.1) is 11.3 Å². The molecule has 2 saturated heterocycles. The molecule has 4 aromatic carbocycles. The first-order valence-corrected chi connectivity index (χ1v) is 23.3. The van der Waals surface area contributed by atoms with Crippen LogP contribution in [0.15, 0.2) is 106 Å².